The summed E-state index contributed by atoms with van der Waals surface area (Å²) in [5.41, 5.74) is 0.889. The molecule has 0 aromatic heterocycles. The normalized spacial score (nSPS) is 12.7. The maximum absolute atomic E-state index is 12.2. The molecule has 1 aromatic rings. The van der Waals surface area contributed by atoms with Gasteiger partial charge in [-0.25, -0.2) is 8.42 Å². The van der Waals surface area contributed by atoms with E-state index in [1.165, 1.54) is 9.71 Å². The molecule has 0 bridgehead atoms. The van der Waals surface area contributed by atoms with E-state index >= 15 is 0 Å². The minimum absolute atomic E-state index is 0.495. The van der Waals surface area contributed by atoms with Crippen molar-refractivity contribution in [2.45, 2.75) is 13.3 Å². The summed E-state index contributed by atoms with van der Waals surface area (Å²) in [6.45, 7) is 3.79. The van der Waals surface area contributed by atoms with Gasteiger partial charge in [0.05, 0.1) is 0 Å². The van der Waals surface area contributed by atoms with Crippen molar-refractivity contribution in [2.24, 2.45) is 0 Å². The van der Waals surface area contributed by atoms with Crippen molar-refractivity contribution in [1.29, 1.82) is 0 Å². The van der Waals surface area contributed by atoms with Gasteiger partial charge in [0.2, 0.25) is 10.0 Å². The molecule has 0 spiro atoms. The molecular formula is C15H24N2O2S. The van der Waals surface area contributed by atoms with Crippen LogP contribution in [0.25, 0.3) is 6.08 Å². The minimum atomic E-state index is -3.33. The average molecular weight is 296 g/mol. The molecule has 0 saturated carbocycles. The Kier molecular flexibility index (Phi) is 6.91. The Bertz CT molecular complexity index is 510. The fourth-order valence-corrected chi connectivity index (χ4v) is 3.09. The van der Waals surface area contributed by atoms with Crippen LogP contribution in [0.5, 0.6) is 0 Å². The van der Waals surface area contributed by atoms with Crippen LogP contribution in [0.3, 0.4) is 0 Å². The van der Waals surface area contributed by atoms with Gasteiger partial charge in [-0.1, -0.05) is 37.3 Å². The van der Waals surface area contributed by atoms with Gasteiger partial charge in [-0.2, -0.15) is 4.31 Å². The van der Waals surface area contributed by atoms with Crippen molar-refractivity contribution in [3.63, 3.8) is 0 Å². The second-order valence-electron chi connectivity index (χ2n) is 4.91. The lowest BCUT2D eigenvalue weighted by atomic mass is 10.2. The lowest BCUT2D eigenvalue weighted by Crippen LogP contribution is -2.31. The van der Waals surface area contributed by atoms with E-state index in [0.29, 0.717) is 13.1 Å². The van der Waals surface area contributed by atoms with E-state index in [4.69, 9.17) is 0 Å². The number of hydrogen-bond acceptors (Lipinski definition) is 3. The van der Waals surface area contributed by atoms with Crippen LogP contribution in [0.1, 0.15) is 18.9 Å². The first kappa shape index (κ1) is 16.9. The predicted octanol–water partition coefficient (Wildman–Crippen LogP) is 2.26. The molecule has 1 rings (SSSR count). The smallest absolute Gasteiger partial charge is 0.236 e. The number of rotatable bonds is 8. The van der Waals surface area contributed by atoms with Crippen LogP contribution < -0.4 is 0 Å². The number of nitrogens with zero attached hydrogens (tertiary/aromatic N) is 2. The summed E-state index contributed by atoms with van der Waals surface area (Å²) in [6, 6.07) is 9.45. The van der Waals surface area contributed by atoms with E-state index in [2.05, 4.69) is 4.90 Å². The highest BCUT2D eigenvalue weighted by molar-refractivity contribution is 7.92. The van der Waals surface area contributed by atoms with E-state index < -0.39 is 10.0 Å². The Morgan fingerprint density at radius 3 is 2.30 bits per heavy atom. The van der Waals surface area contributed by atoms with Gasteiger partial charge in [0.25, 0.3) is 0 Å². The Labute approximate surface area is 122 Å². The molecule has 0 amide bonds. The zero-order valence-electron chi connectivity index (χ0n) is 12.5. The topological polar surface area (TPSA) is 40.6 Å². The van der Waals surface area contributed by atoms with Crippen LogP contribution in [0.15, 0.2) is 35.7 Å². The Balaban J connectivity index is 2.67. The second kappa shape index (κ2) is 8.19. The molecule has 0 heterocycles. The van der Waals surface area contributed by atoms with Crippen LogP contribution in [0, 0.1) is 0 Å². The fourth-order valence-electron chi connectivity index (χ4n) is 1.84. The number of hydrogen-bond donors (Lipinski definition) is 0. The Hall–Kier alpha value is -1.17. The molecule has 0 aliphatic heterocycles. The van der Waals surface area contributed by atoms with E-state index in [-0.39, 0.29) is 0 Å². The third-order valence-electron chi connectivity index (χ3n) is 2.96. The minimum Gasteiger partial charge on any atom is -0.309 e. The van der Waals surface area contributed by atoms with Gasteiger partial charge in [-0.15, -0.1) is 0 Å². The van der Waals surface area contributed by atoms with Crippen molar-refractivity contribution < 1.29 is 8.42 Å². The van der Waals surface area contributed by atoms with Gasteiger partial charge < -0.3 is 4.90 Å². The number of sulfonamides is 1. The summed E-state index contributed by atoms with van der Waals surface area (Å²) < 4.78 is 26.0. The molecule has 0 saturated heterocycles. The molecule has 112 valence electrons. The van der Waals surface area contributed by atoms with E-state index in [9.17, 15) is 8.42 Å². The maximum atomic E-state index is 12.2. The molecule has 20 heavy (non-hydrogen) atoms. The molecular weight excluding hydrogens is 272 g/mol. The lowest BCUT2D eigenvalue weighted by Gasteiger charge is -2.19. The standard InChI is InChI=1S/C15H24N2O2S/c1-4-17(13-8-12-16(2)3)20(18,19)14-11-15-9-6-5-7-10-15/h5-7,9-11,14H,4,8,12-13H2,1-3H3. The monoisotopic (exact) mass is 296 g/mol. The summed E-state index contributed by atoms with van der Waals surface area (Å²) in [4.78, 5) is 2.06. The fraction of sp³-hybridized carbons (Fsp3) is 0.467. The molecule has 1 aromatic carbocycles. The summed E-state index contributed by atoms with van der Waals surface area (Å²) in [6.07, 6.45) is 2.48. The first-order valence-corrected chi connectivity index (χ1v) is 8.34. The van der Waals surface area contributed by atoms with Crippen LogP contribution in [0.4, 0.5) is 0 Å². The summed E-state index contributed by atoms with van der Waals surface area (Å²) in [5.74, 6) is 0. The highest BCUT2D eigenvalue weighted by atomic mass is 32.2. The molecule has 0 aliphatic rings. The third kappa shape index (κ3) is 5.86. The molecule has 0 unspecified atom stereocenters. The lowest BCUT2D eigenvalue weighted by molar-refractivity contribution is 0.358. The second-order valence-corrected chi connectivity index (χ2v) is 6.73. The van der Waals surface area contributed by atoms with Crippen molar-refractivity contribution in [1.82, 2.24) is 9.21 Å². The highest BCUT2D eigenvalue weighted by Gasteiger charge is 2.16. The molecule has 5 heteroatoms. The molecule has 0 aliphatic carbocycles. The van der Waals surface area contributed by atoms with Crippen molar-refractivity contribution in [3.8, 4) is 0 Å². The van der Waals surface area contributed by atoms with Crippen molar-refractivity contribution in [3.05, 3.63) is 41.3 Å². The van der Waals surface area contributed by atoms with Gasteiger partial charge >= 0.3 is 0 Å². The zero-order chi connectivity index (χ0) is 15.0. The quantitative estimate of drug-likeness (QED) is 0.739. The van der Waals surface area contributed by atoms with Crippen LogP contribution >= 0.6 is 0 Å². The van der Waals surface area contributed by atoms with Crippen molar-refractivity contribution >= 4 is 16.1 Å². The summed E-state index contributed by atoms with van der Waals surface area (Å²) in [7, 11) is 0.638. The SMILES string of the molecule is CCN(CCCN(C)C)S(=O)(=O)C=Cc1ccccc1. The highest BCUT2D eigenvalue weighted by Crippen LogP contribution is 2.08. The third-order valence-corrected chi connectivity index (χ3v) is 4.60. The van der Waals surface area contributed by atoms with E-state index in [1.54, 1.807) is 6.08 Å². The molecule has 4 nitrogen and oxygen atoms in total. The molecule has 0 atom stereocenters. The Morgan fingerprint density at radius 2 is 1.75 bits per heavy atom. The summed E-state index contributed by atoms with van der Waals surface area (Å²) >= 11 is 0. The van der Waals surface area contributed by atoms with Gasteiger partial charge in [-0.05, 0) is 38.7 Å². The summed E-state index contributed by atoms with van der Waals surface area (Å²) in [5, 5.41) is 1.29. The van der Waals surface area contributed by atoms with Crippen LogP contribution in [-0.2, 0) is 10.0 Å². The van der Waals surface area contributed by atoms with Gasteiger partial charge in [0.15, 0.2) is 0 Å². The molecule has 0 N–H and O–H groups in total. The van der Waals surface area contributed by atoms with E-state index in [0.717, 1.165) is 18.5 Å². The predicted molar refractivity (Wildman–Crippen MR) is 84.8 cm³/mol. The Morgan fingerprint density at radius 1 is 1.10 bits per heavy atom. The van der Waals surface area contributed by atoms with Crippen LogP contribution in [0.2, 0.25) is 0 Å². The largest absolute Gasteiger partial charge is 0.309 e. The number of benzene rings is 1. The van der Waals surface area contributed by atoms with E-state index in [1.807, 2.05) is 51.4 Å². The molecule has 0 radical (unpaired) electrons. The van der Waals surface area contributed by atoms with Gasteiger partial charge in [0.1, 0.15) is 0 Å². The molecule has 0 fully saturated rings. The van der Waals surface area contributed by atoms with Gasteiger partial charge in [0, 0.05) is 18.5 Å². The van der Waals surface area contributed by atoms with Crippen LogP contribution in [-0.4, -0.2) is 51.4 Å². The first-order valence-electron chi connectivity index (χ1n) is 6.83. The average Bonchev–Trinajstić information content (AvgIpc) is 2.42. The van der Waals surface area contributed by atoms with Gasteiger partial charge in [-0.3, -0.25) is 0 Å². The maximum Gasteiger partial charge on any atom is 0.236 e. The van der Waals surface area contributed by atoms with Crippen molar-refractivity contribution in [2.75, 3.05) is 33.7 Å². The zero-order valence-corrected chi connectivity index (χ0v) is 13.3. The first-order chi connectivity index (χ1) is 9.45.